The number of amides is 1. The number of nitrogens with two attached hydrogens (primary N) is 1. The molecule has 22 heavy (non-hydrogen) atoms. The van der Waals surface area contributed by atoms with Crippen LogP contribution in [0, 0.1) is 6.92 Å². The number of hydrogen-bond acceptors (Lipinski definition) is 2. The van der Waals surface area contributed by atoms with Gasteiger partial charge in [0.1, 0.15) is 11.4 Å². The lowest BCUT2D eigenvalue weighted by Gasteiger charge is -2.08. The Morgan fingerprint density at radius 1 is 1.00 bits per heavy atom. The molecule has 2 aromatic carbocycles. The minimum atomic E-state index is -0.506. The van der Waals surface area contributed by atoms with Crippen molar-refractivity contribution in [1.29, 1.82) is 0 Å². The van der Waals surface area contributed by atoms with Crippen molar-refractivity contribution >= 4 is 5.91 Å². The van der Waals surface area contributed by atoms with Crippen LogP contribution in [0.5, 0.6) is 5.75 Å². The van der Waals surface area contributed by atoms with Gasteiger partial charge in [0, 0.05) is 16.8 Å². The Bertz CT molecular complexity index is 836. The summed E-state index contributed by atoms with van der Waals surface area (Å²) < 4.78 is 0. The van der Waals surface area contributed by atoms with E-state index in [-0.39, 0.29) is 5.75 Å². The quantitative estimate of drug-likeness (QED) is 0.691. The summed E-state index contributed by atoms with van der Waals surface area (Å²) in [6.07, 6.45) is 0. The number of aromatic nitrogens is 1. The molecule has 3 rings (SSSR count). The molecule has 4 nitrogen and oxygen atoms in total. The molecule has 1 heterocycles. The SMILES string of the molecule is Cc1[nH]c(C(N)=O)c(-c2ccccc2)c1-c1cccc(O)c1. The maximum Gasteiger partial charge on any atom is 0.265 e. The van der Waals surface area contributed by atoms with E-state index in [1.54, 1.807) is 18.2 Å². The highest BCUT2D eigenvalue weighted by Crippen LogP contribution is 2.38. The molecule has 0 saturated heterocycles. The Balaban J connectivity index is 2.33. The second kappa shape index (κ2) is 5.41. The second-order valence-electron chi connectivity index (χ2n) is 5.16. The first-order valence-electron chi connectivity index (χ1n) is 6.95. The zero-order valence-corrected chi connectivity index (χ0v) is 12.1. The van der Waals surface area contributed by atoms with Gasteiger partial charge in [0.25, 0.3) is 5.91 Å². The molecule has 0 aliphatic heterocycles. The smallest absolute Gasteiger partial charge is 0.265 e. The molecule has 0 unspecified atom stereocenters. The lowest BCUT2D eigenvalue weighted by atomic mass is 9.95. The van der Waals surface area contributed by atoms with E-state index in [0.717, 1.165) is 27.9 Å². The van der Waals surface area contributed by atoms with Crippen LogP contribution in [0.2, 0.25) is 0 Å². The normalized spacial score (nSPS) is 10.6. The Labute approximate surface area is 128 Å². The summed E-state index contributed by atoms with van der Waals surface area (Å²) in [7, 11) is 0. The lowest BCUT2D eigenvalue weighted by molar-refractivity contribution is 0.0996. The second-order valence-corrected chi connectivity index (χ2v) is 5.16. The Kier molecular flexibility index (Phi) is 3.43. The molecule has 0 radical (unpaired) electrons. The summed E-state index contributed by atoms with van der Waals surface area (Å²) in [4.78, 5) is 14.9. The molecule has 0 spiro atoms. The number of carbonyl (C=O) groups is 1. The van der Waals surface area contributed by atoms with Gasteiger partial charge in [0.05, 0.1) is 0 Å². The third-order valence-electron chi connectivity index (χ3n) is 3.63. The number of hydrogen-bond donors (Lipinski definition) is 3. The minimum Gasteiger partial charge on any atom is -0.508 e. The number of nitrogens with one attached hydrogen (secondary N) is 1. The molecule has 3 aromatic rings. The number of phenols is 1. The van der Waals surface area contributed by atoms with Gasteiger partial charge >= 0.3 is 0 Å². The minimum absolute atomic E-state index is 0.178. The molecule has 0 atom stereocenters. The predicted molar refractivity (Wildman–Crippen MR) is 86.6 cm³/mol. The van der Waals surface area contributed by atoms with Crippen molar-refractivity contribution in [2.24, 2.45) is 5.73 Å². The first-order valence-corrected chi connectivity index (χ1v) is 6.95. The summed E-state index contributed by atoms with van der Waals surface area (Å²) in [6.45, 7) is 1.89. The molecular weight excluding hydrogens is 276 g/mol. The first-order chi connectivity index (χ1) is 10.6. The van der Waals surface area contributed by atoms with Crippen molar-refractivity contribution in [2.75, 3.05) is 0 Å². The number of benzene rings is 2. The first kappa shape index (κ1) is 13.9. The number of primary amides is 1. The van der Waals surface area contributed by atoms with Crippen molar-refractivity contribution in [3.63, 3.8) is 0 Å². The third-order valence-corrected chi connectivity index (χ3v) is 3.63. The van der Waals surface area contributed by atoms with Gasteiger partial charge < -0.3 is 15.8 Å². The van der Waals surface area contributed by atoms with Crippen LogP contribution < -0.4 is 5.73 Å². The molecule has 4 N–H and O–H groups in total. The van der Waals surface area contributed by atoms with E-state index in [9.17, 15) is 9.90 Å². The number of aryl methyl sites for hydroxylation is 1. The fraction of sp³-hybridized carbons (Fsp3) is 0.0556. The van der Waals surface area contributed by atoms with Gasteiger partial charge in [-0.25, -0.2) is 0 Å². The van der Waals surface area contributed by atoms with Crippen molar-refractivity contribution < 1.29 is 9.90 Å². The predicted octanol–water partition coefficient (Wildman–Crippen LogP) is 3.46. The van der Waals surface area contributed by atoms with Crippen LogP contribution in [0.4, 0.5) is 0 Å². The van der Waals surface area contributed by atoms with E-state index in [4.69, 9.17) is 5.73 Å². The number of rotatable bonds is 3. The summed E-state index contributed by atoms with van der Waals surface area (Å²) in [5.74, 6) is -0.328. The van der Waals surface area contributed by atoms with Gasteiger partial charge in [-0.2, -0.15) is 0 Å². The van der Waals surface area contributed by atoms with Gasteiger partial charge in [-0.1, -0.05) is 42.5 Å². The van der Waals surface area contributed by atoms with E-state index in [0.29, 0.717) is 5.69 Å². The molecule has 0 fully saturated rings. The average Bonchev–Trinajstić information content (AvgIpc) is 2.86. The van der Waals surface area contributed by atoms with Crippen LogP contribution in [-0.4, -0.2) is 16.0 Å². The molecule has 4 heteroatoms. The number of phenolic OH excluding ortho intramolecular Hbond substituents is 1. The van der Waals surface area contributed by atoms with E-state index >= 15 is 0 Å². The summed E-state index contributed by atoms with van der Waals surface area (Å²) in [6, 6.07) is 16.6. The number of aromatic amines is 1. The van der Waals surface area contributed by atoms with Crippen LogP contribution >= 0.6 is 0 Å². The zero-order valence-electron chi connectivity index (χ0n) is 12.1. The Morgan fingerprint density at radius 2 is 1.68 bits per heavy atom. The molecule has 110 valence electrons. The Morgan fingerprint density at radius 3 is 2.32 bits per heavy atom. The van der Waals surface area contributed by atoms with Gasteiger partial charge in [-0.15, -0.1) is 0 Å². The van der Waals surface area contributed by atoms with E-state index < -0.39 is 5.91 Å². The zero-order chi connectivity index (χ0) is 15.7. The topological polar surface area (TPSA) is 79.1 Å². The molecule has 0 aliphatic rings. The summed E-state index contributed by atoms with van der Waals surface area (Å²) >= 11 is 0. The fourth-order valence-electron chi connectivity index (χ4n) is 2.73. The van der Waals surface area contributed by atoms with E-state index in [1.165, 1.54) is 0 Å². The maximum absolute atomic E-state index is 11.8. The van der Waals surface area contributed by atoms with Gasteiger partial charge in [0.15, 0.2) is 0 Å². The number of aromatic hydroxyl groups is 1. The summed E-state index contributed by atoms with van der Waals surface area (Å²) in [5.41, 5.74) is 10.1. The van der Waals surface area contributed by atoms with Crippen LogP contribution in [-0.2, 0) is 0 Å². The van der Waals surface area contributed by atoms with Gasteiger partial charge in [-0.05, 0) is 30.2 Å². The van der Waals surface area contributed by atoms with Gasteiger partial charge in [0.2, 0.25) is 0 Å². The molecule has 0 saturated carbocycles. The van der Waals surface area contributed by atoms with Crippen molar-refractivity contribution in [2.45, 2.75) is 6.92 Å². The van der Waals surface area contributed by atoms with Crippen LogP contribution in [0.15, 0.2) is 54.6 Å². The monoisotopic (exact) mass is 292 g/mol. The molecule has 0 aliphatic carbocycles. The Hall–Kier alpha value is -3.01. The van der Waals surface area contributed by atoms with Gasteiger partial charge in [-0.3, -0.25) is 4.79 Å². The average molecular weight is 292 g/mol. The number of H-pyrrole nitrogens is 1. The lowest BCUT2D eigenvalue weighted by Crippen LogP contribution is -2.12. The maximum atomic E-state index is 11.8. The van der Waals surface area contributed by atoms with Crippen molar-refractivity contribution in [1.82, 2.24) is 4.98 Å². The largest absolute Gasteiger partial charge is 0.508 e. The van der Waals surface area contributed by atoms with Crippen LogP contribution in [0.25, 0.3) is 22.3 Å². The fourth-order valence-corrected chi connectivity index (χ4v) is 2.73. The number of carbonyl (C=O) groups excluding carboxylic acids is 1. The molecule has 1 aromatic heterocycles. The van der Waals surface area contributed by atoms with E-state index in [1.807, 2.05) is 43.3 Å². The van der Waals surface area contributed by atoms with E-state index in [2.05, 4.69) is 4.98 Å². The molecular formula is C18H16N2O2. The van der Waals surface area contributed by atoms with Crippen molar-refractivity contribution in [3.8, 4) is 28.0 Å². The van der Waals surface area contributed by atoms with Crippen LogP contribution in [0.3, 0.4) is 0 Å². The summed E-state index contributed by atoms with van der Waals surface area (Å²) in [5, 5.41) is 9.74. The third kappa shape index (κ3) is 2.35. The highest BCUT2D eigenvalue weighted by molar-refractivity contribution is 6.03. The molecule has 1 amide bonds. The molecule has 0 bridgehead atoms. The van der Waals surface area contributed by atoms with Crippen molar-refractivity contribution in [3.05, 3.63) is 66.0 Å². The highest BCUT2D eigenvalue weighted by atomic mass is 16.3. The van der Waals surface area contributed by atoms with Crippen LogP contribution in [0.1, 0.15) is 16.2 Å². The highest BCUT2D eigenvalue weighted by Gasteiger charge is 2.21. The standard InChI is InChI=1S/C18H16N2O2/c1-11-15(13-8-5-9-14(21)10-13)16(17(20-11)18(19)22)12-6-3-2-4-7-12/h2-10,20-21H,1H3,(H2,19,22).